The monoisotopic (exact) mass is 557 g/mol. The Morgan fingerprint density at radius 2 is 1.69 bits per heavy atom. The number of aromatic nitrogens is 1. The van der Waals surface area contributed by atoms with Crippen molar-refractivity contribution in [2.45, 2.75) is 38.3 Å². The van der Waals surface area contributed by atoms with Gasteiger partial charge in [-0.3, -0.25) is 14.5 Å². The number of carbonyl (C=O) groups excluding carboxylic acids is 2. The van der Waals surface area contributed by atoms with Crippen molar-refractivity contribution in [3.8, 4) is 0 Å². The first-order chi connectivity index (χ1) is 19.0. The highest BCUT2D eigenvalue weighted by molar-refractivity contribution is 7.13. The van der Waals surface area contributed by atoms with E-state index in [0.29, 0.717) is 49.3 Å². The van der Waals surface area contributed by atoms with Crippen molar-refractivity contribution in [1.29, 1.82) is 0 Å². The first-order valence-electron chi connectivity index (χ1n) is 13.9. The molecule has 3 fully saturated rings. The third-order valence-electron chi connectivity index (χ3n) is 7.57. The van der Waals surface area contributed by atoms with Gasteiger partial charge in [-0.2, -0.15) is 0 Å². The van der Waals surface area contributed by atoms with Crippen molar-refractivity contribution in [2.24, 2.45) is 5.92 Å². The molecule has 0 atom stereocenters. The molecule has 39 heavy (non-hydrogen) atoms. The fourth-order valence-corrected chi connectivity index (χ4v) is 6.02. The van der Waals surface area contributed by atoms with Crippen molar-refractivity contribution in [2.75, 3.05) is 76.5 Å². The number of rotatable bonds is 9. The summed E-state index contributed by atoms with van der Waals surface area (Å²) in [5.41, 5.74) is 2.33. The molecule has 0 bridgehead atoms. The minimum absolute atomic E-state index is 0.0602. The van der Waals surface area contributed by atoms with E-state index in [1.165, 1.54) is 11.3 Å². The molecule has 3 aliphatic rings. The highest BCUT2D eigenvalue weighted by Crippen LogP contribution is 2.25. The molecule has 5 rings (SSSR count). The van der Waals surface area contributed by atoms with Gasteiger partial charge in [0.2, 0.25) is 0 Å². The van der Waals surface area contributed by atoms with E-state index in [1.807, 2.05) is 25.2 Å². The third-order valence-corrected chi connectivity index (χ3v) is 8.52. The Morgan fingerprint density at radius 3 is 2.44 bits per heavy atom. The highest BCUT2D eigenvalue weighted by atomic mass is 32.1. The van der Waals surface area contributed by atoms with Crippen LogP contribution in [0.1, 0.15) is 52.1 Å². The number of nitrogens with one attached hydrogen (secondary N) is 2. The number of hydrogen-bond donors (Lipinski definition) is 2. The molecule has 4 heterocycles. The topological polar surface area (TPSA) is 105 Å². The maximum Gasteiger partial charge on any atom is 0.275 e. The summed E-state index contributed by atoms with van der Waals surface area (Å²) in [6, 6.07) is 5.76. The van der Waals surface area contributed by atoms with Gasteiger partial charge in [-0.05, 0) is 49.3 Å². The summed E-state index contributed by atoms with van der Waals surface area (Å²) in [6.07, 6.45) is 3.65. The number of thiazole rings is 1. The SMILES string of the molecule is CN(CC1CCOCC1)c1nc(C(=O)Nc2ccc(CN3CCOCC3)cc2C(=O)NC2CCOCC2)cs1. The van der Waals surface area contributed by atoms with E-state index in [2.05, 4.69) is 25.4 Å². The van der Waals surface area contributed by atoms with E-state index in [4.69, 9.17) is 14.2 Å². The minimum atomic E-state index is -0.321. The first-order valence-corrected chi connectivity index (χ1v) is 14.8. The smallest absolute Gasteiger partial charge is 0.275 e. The van der Waals surface area contributed by atoms with Gasteiger partial charge in [-0.1, -0.05) is 6.07 Å². The molecule has 11 heteroatoms. The second-order valence-corrected chi connectivity index (χ2v) is 11.4. The number of amides is 2. The molecule has 10 nitrogen and oxygen atoms in total. The minimum Gasteiger partial charge on any atom is -0.381 e. The Bertz CT molecular complexity index is 1110. The molecule has 1 aromatic heterocycles. The lowest BCUT2D eigenvalue weighted by molar-refractivity contribution is 0.0341. The Balaban J connectivity index is 1.28. The zero-order valence-corrected chi connectivity index (χ0v) is 23.5. The molecule has 1 aromatic carbocycles. The lowest BCUT2D eigenvalue weighted by Crippen LogP contribution is -2.39. The first kappa shape index (κ1) is 28.0. The van der Waals surface area contributed by atoms with E-state index in [-0.39, 0.29) is 17.9 Å². The summed E-state index contributed by atoms with van der Waals surface area (Å²) in [5.74, 6) is 0.0619. The van der Waals surface area contributed by atoms with Gasteiger partial charge in [0.05, 0.1) is 24.5 Å². The molecule has 0 saturated carbocycles. The lowest BCUT2D eigenvalue weighted by Gasteiger charge is -2.27. The number of carbonyl (C=O) groups is 2. The van der Waals surface area contributed by atoms with Crippen LogP contribution in [0.25, 0.3) is 0 Å². The second kappa shape index (κ2) is 13.7. The Kier molecular flexibility index (Phi) is 9.81. The number of benzene rings is 1. The predicted octanol–water partition coefficient (Wildman–Crippen LogP) is 3.00. The van der Waals surface area contributed by atoms with Crippen LogP contribution in [-0.4, -0.2) is 94.1 Å². The van der Waals surface area contributed by atoms with Crippen LogP contribution in [0.4, 0.5) is 10.8 Å². The summed E-state index contributed by atoms with van der Waals surface area (Å²) in [6.45, 7) is 7.65. The average molecular weight is 558 g/mol. The summed E-state index contributed by atoms with van der Waals surface area (Å²) in [7, 11) is 2.02. The van der Waals surface area contributed by atoms with E-state index in [1.54, 1.807) is 5.38 Å². The van der Waals surface area contributed by atoms with Gasteiger partial charge >= 0.3 is 0 Å². The molecule has 3 saturated heterocycles. The molecule has 212 valence electrons. The predicted molar refractivity (Wildman–Crippen MR) is 151 cm³/mol. The van der Waals surface area contributed by atoms with Gasteiger partial charge in [-0.25, -0.2) is 4.98 Å². The number of anilines is 2. The normalized spacial score (nSPS) is 19.5. The van der Waals surface area contributed by atoms with E-state index in [0.717, 1.165) is 75.8 Å². The van der Waals surface area contributed by atoms with Gasteiger partial charge in [0, 0.05) is 71.1 Å². The largest absolute Gasteiger partial charge is 0.381 e. The molecule has 0 spiro atoms. The molecular formula is C28H39N5O5S. The number of morpholine rings is 1. The van der Waals surface area contributed by atoms with Crippen LogP contribution in [0.15, 0.2) is 23.6 Å². The lowest BCUT2D eigenvalue weighted by atomic mass is 10.0. The number of ether oxygens (including phenoxy) is 3. The van der Waals surface area contributed by atoms with Gasteiger partial charge in [0.1, 0.15) is 5.69 Å². The summed E-state index contributed by atoms with van der Waals surface area (Å²) in [5, 5.41) is 8.69. The quantitative estimate of drug-likeness (QED) is 0.485. The van der Waals surface area contributed by atoms with Crippen LogP contribution in [0.3, 0.4) is 0 Å². The Morgan fingerprint density at radius 1 is 1.00 bits per heavy atom. The second-order valence-electron chi connectivity index (χ2n) is 10.5. The molecule has 3 aliphatic heterocycles. The van der Waals surface area contributed by atoms with Crippen LogP contribution in [0.2, 0.25) is 0 Å². The molecular weight excluding hydrogens is 518 g/mol. The van der Waals surface area contributed by atoms with Gasteiger partial charge in [-0.15, -0.1) is 11.3 Å². The third kappa shape index (κ3) is 7.76. The van der Waals surface area contributed by atoms with E-state index in [9.17, 15) is 9.59 Å². The number of nitrogens with zero attached hydrogens (tertiary/aromatic N) is 3. The van der Waals surface area contributed by atoms with Crippen molar-refractivity contribution < 1.29 is 23.8 Å². The molecule has 2 aromatic rings. The van der Waals surface area contributed by atoms with Gasteiger partial charge in [0.15, 0.2) is 5.13 Å². The summed E-state index contributed by atoms with van der Waals surface area (Å²) in [4.78, 5) is 35.7. The maximum atomic E-state index is 13.4. The highest BCUT2D eigenvalue weighted by Gasteiger charge is 2.23. The van der Waals surface area contributed by atoms with Crippen LogP contribution < -0.4 is 15.5 Å². The molecule has 2 N–H and O–H groups in total. The van der Waals surface area contributed by atoms with Crippen LogP contribution in [0.5, 0.6) is 0 Å². The Hall–Kier alpha value is -2.57. The standard InChI is InChI=1S/C28H39N5O5S/c1-32(17-20-4-10-36-11-5-20)28-31-25(19-39-28)27(35)30-24-3-2-21(18-33-8-14-38-15-9-33)16-23(24)26(34)29-22-6-12-37-13-7-22/h2-3,16,19-20,22H,4-15,17-18H2,1H3,(H,29,34)(H,30,35). The van der Waals surface area contributed by atoms with E-state index >= 15 is 0 Å². The van der Waals surface area contributed by atoms with Crippen LogP contribution in [-0.2, 0) is 20.8 Å². The van der Waals surface area contributed by atoms with Crippen molar-refractivity contribution in [3.05, 3.63) is 40.4 Å². The summed E-state index contributed by atoms with van der Waals surface area (Å²) >= 11 is 1.46. The molecule has 0 unspecified atom stereocenters. The summed E-state index contributed by atoms with van der Waals surface area (Å²) < 4.78 is 16.4. The van der Waals surface area contributed by atoms with Crippen molar-refractivity contribution in [3.63, 3.8) is 0 Å². The van der Waals surface area contributed by atoms with Crippen LogP contribution in [0, 0.1) is 5.92 Å². The van der Waals surface area contributed by atoms with Gasteiger partial charge < -0.3 is 29.7 Å². The molecule has 0 radical (unpaired) electrons. The average Bonchev–Trinajstić information content (AvgIpc) is 3.46. The zero-order valence-electron chi connectivity index (χ0n) is 22.7. The fraction of sp³-hybridized carbons (Fsp3) is 0.607. The molecule has 0 aliphatic carbocycles. The van der Waals surface area contributed by atoms with Gasteiger partial charge in [0.25, 0.3) is 11.8 Å². The van der Waals surface area contributed by atoms with Crippen LogP contribution >= 0.6 is 11.3 Å². The van der Waals surface area contributed by atoms with Crippen molar-refractivity contribution >= 4 is 34.0 Å². The fourth-order valence-electron chi connectivity index (χ4n) is 5.23. The van der Waals surface area contributed by atoms with E-state index < -0.39 is 0 Å². The Labute approximate surface area is 234 Å². The maximum absolute atomic E-state index is 13.4. The zero-order chi connectivity index (χ0) is 27.0. The molecule has 2 amide bonds. The number of hydrogen-bond acceptors (Lipinski definition) is 9. The van der Waals surface area contributed by atoms with Crippen molar-refractivity contribution in [1.82, 2.24) is 15.2 Å².